The van der Waals surface area contributed by atoms with Crippen LogP contribution in [0, 0.1) is 0 Å². The Morgan fingerprint density at radius 2 is 0.962 bits per heavy atom. The SMILES string of the molecule is c1ccc(-c2nc(-c3ccc4c(-c5ccc6c(c5)oc5cc7ccccc7cc56)cccc4c3)nc(-c3ccc4c(c3)sc3ccccc34)n2)cc1. The van der Waals surface area contributed by atoms with Gasteiger partial charge in [-0.2, -0.15) is 0 Å². The van der Waals surface area contributed by atoms with Crippen molar-refractivity contribution in [2.24, 2.45) is 0 Å². The normalized spacial score (nSPS) is 11.8. The number of furan rings is 1. The van der Waals surface area contributed by atoms with E-state index < -0.39 is 0 Å². The molecule has 52 heavy (non-hydrogen) atoms. The van der Waals surface area contributed by atoms with E-state index in [1.165, 1.54) is 30.9 Å². The van der Waals surface area contributed by atoms with Crippen LogP contribution in [0.5, 0.6) is 0 Å². The maximum Gasteiger partial charge on any atom is 0.164 e. The van der Waals surface area contributed by atoms with Gasteiger partial charge in [0.15, 0.2) is 17.5 Å². The highest BCUT2D eigenvalue weighted by atomic mass is 32.1. The molecule has 0 fully saturated rings. The molecule has 8 aromatic carbocycles. The fourth-order valence-electron chi connectivity index (χ4n) is 7.52. The first-order chi connectivity index (χ1) is 25.7. The van der Waals surface area contributed by atoms with Gasteiger partial charge in [-0.3, -0.25) is 0 Å². The van der Waals surface area contributed by atoms with Gasteiger partial charge in [0.2, 0.25) is 0 Å². The van der Waals surface area contributed by atoms with Crippen molar-refractivity contribution in [3.8, 4) is 45.3 Å². The number of fused-ring (bicyclic) bond motifs is 8. The number of thiophene rings is 1. The minimum absolute atomic E-state index is 0.642. The molecule has 0 saturated carbocycles. The molecule has 5 heteroatoms. The maximum atomic E-state index is 6.42. The Morgan fingerprint density at radius 3 is 1.81 bits per heavy atom. The zero-order valence-corrected chi connectivity index (χ0v) is 28.6. The predicted octanol–water partition coefficient (Wildman–Crippen LogP) is 13.1. The molecule has 0 aliphatic rings. The number of rotatable bonds is 4. The summed E-state index contributed by atoms with van der Waals surface area (Å²) in [6.07, 6.45) is 0. The van der Waals surface area contributed by atoms with E-state index in [-0.39, 0.29) is 0 Å². The first kappa shape index (κ1) is 29.1. The zero-order valence-electron chi connectivity index (χ0n) is 27.7. The van der Waals surface area contributed by atoms with E-state index in [9.17, 15) is 0 Å². The van der Waals surface area contributed by atoms with Crippen molar-refractivity contribution in [1.29, 1.82) is 0 Å². The molecule has 0 bridgehead atoms. The van der Waals surface area contributed by atoms with Crippen LogP contribution in [-0.4, -0.2) is 15.0 Å². The van der Waals surface area contributed by atoms with E-state index in [0.29, 0.717) is 17.5 Å². The van der Waals surface area contributed by atoms with E-state index >= 15 is 0 Å². The van der Waals surface area contributed by atoms with Crippen LogP contribution in [0.2, 0.25) is 0 Å². The Hall–Kier alpha value is -6.69. The second kappa shape index (κ2) is 11.4. The van der Waals surface area contributed by atoms with Gasteiger partial charge in [0.1, 0.15) is 11.2 Å². The fourth-order valence-corrected chi connectivity index (χ4v) is 8.66. The molecule has 4 nitrogen and oxygen atoms in total. The van der Waals surface area contributed by atoms with Crippen LogP contribution in [0.3, 0.4) is 0 Å². The molecule has 0 saturated heterocycles. The van der Waals surface area contributed by atoms with E-state index in [4.69, 9.17) is 19.4 Å². The topological polar surface area (TPSA) is 51.8 Å². The van der Waals surface area contributed by atoms with Crippen LogP contribution in [-0.2, 0) is 0 Å². The molecular weight excluding hydrogens is 655 g/mol. The molecule has 0 amide bonds. The van der Waals surface area contributed by atoms with Crippen molar-refractivity contribution in [2.75, 3.05) is 0 Å². The fraction of sp³-hybridized carbons (Fsp3) is 0. The summed E-state index contributed by atoms with van der Waals surface area (Å²) in [7, 11) is 0. The average molecular weight is 682 g/mol. The quantitative estimate of drug-likeness (QED) is 0.185. The lowest BCUT2D eigenvalue weighted by Gasteiger charge is -2.11. The molecule has 0 radical (unpaired) electrons. The van der Waals surface area contributed by atoms with Gasteiger partial charge in [0.25, 0.3) is 0 Å². The Kier molecular flexibility index (Phi) is 6.39. The second-order valence-corrected chi connectivity index (χ2v) is 14.3. The Labute approximate surface area is 302 Å². The van der Waals surface area contributed by atoms with Crippen LogP contribution < -0.4 is 0 Å². The van der Waals surface area contributed by atoms with E-state index in [2.05, 4.69) is 133 Å². The Bertz CT molecular complexity index is 3200. The summed E-state index contributed by atoms with van der Waals surface area (Å²) in [5.74, 6) is 1.95. The van der Waals surface area contributed by atoms with Crippen LogP contribution in [0.1, 0.15) is 0 Å². The molecule has 242 valence electrons. The smallest absolute Gasteiger partial charge is 0.164 e. The molecule has 0 atom stereocenters. The van der Waals surface area contributed by atoms with Crippen molar-refractivity contribution in [2.45, 2.75) is 0 Å². The summed E-state index contributed by atoms with van der Waals surface area (Å²) in [4.78, 5) is 15.1. The van der Waals surface area contributed by atoms with Gasteiger partial charge in [-0.05, 0) is 75.1 Å². The summed E-state index contributed by atoms with van der Waals surface area (Å²) in [6.45, 7) is 0. The highest BCUT2D eigenvalue weighted by molar-refractivity contribution is 7.25. The lowest BCUT2D eigenvalue weighted by atomic mass is 9.96. The van der Waals surface area contributed by atoms with E-state index in [1.54, 1.807) is 11.3 Å². The van der Waals surface area contributed by atoms with Gasteiger partial charge in [0.05, 0.1) is 0 Å². The second-order valence-electron chi connectivity index (χ2n) is 13.2. The summed E-state index contributed by atoms with van der Waals surface area (Å²) in [5.41, 5.74) is 6.91. The molecule has 3 heterocycles. The average Bonchev–Trinajstić information content (AvgIpc) is 3.76. The summed E-state index contributed by atoms with van der Waals surface area (Å²) in [6, 6.07) is 57.5. The number of hydrogen-bond donors (Lipinski definition) is 0. The monoisotopic (exact) mass is 681 g/mol. The highest BCUT2D eigenvalue weighted by Gasteiger charge is 2.16. The summed E-state index contributed by atoms with van der Waals surface area (Å²) >= 11 is 1.80. The number of aromatic nitrogens is 3. The Morgan fingerprint density at radius 1 is 0.346 bits per heavy atom. The molecule has 0 aliphatic heterocycles. The van der Waals surface area contributed by atoms with Gasteiger partial charge in [0, 0.05) is 47.6 Å². The molecule has 3 aromatic heterocycles. The molecule has 0 spiro atoms. The largest absolute Gasteiger partial charge is 0.456 e. The lowest BCUT2D eigenvalue weighted by molar-refractivity contribution is 0.669. The number of benzene rings is 8. The van der Waals surface area contributed by atoms with Gasteiger partial charge in [-0.15, -0.1) is 11.3 Å². The molecule has 11 rings (SSSR count). The summed E-state index contributed by atoms with van der Waals surface area (Å²) < 4.78 is 8.92. The zero-order chi connectivity index (χ0) is 34.2. The molecule has 11 aromatic rings. The lowest BCUT2D eigenvalue weighted by Crippen LogP contribution is -2.00. The van der Waals surface area contributed by atoms with Crippen molar-refractivity contribution < 1.29 is 4.42 Å². The number of hydrogen-bond acceptors (Lipinski definition) is 5. The third-order valence-corrected chi connectivity index (χ3v) is 11.2. The number of nitrogens with zero attached hydrogens (tertiary/aromatic N) is 3. The van der Waals surface area contributed by atoms with Gasteiger partial charge in [-0.1, -0.05) is 121 Å². The third-order valence-electron chi connectivity index (χ3n) is 10.1. The maximum absolute atomic E-state index is 6.42. The van der Waals surface area contributed by atoms with Gasteiger partial charge < -0.3 is 4.42 Å². The van der Waals surface area contributed by atoms with Crippen molar-refractivity contribution >= 4 is 75.0 Å². The molecular formula is C47H27N3OS. The Balaban J connectivity index is 1.02. The van der Waals surface area contributed by atoms with E-state index in [0.717, 1.165) is 60.5 Å². The van der Waals surface area contributed by atoms with Crippen molar-refractivity contribution in [3.63, 3.8) is 0 Å². The van der Waals surface area contributed by atoms with Crippen LogP contribution in [0.4, 0.5) is 0 Å². The molecule has 0 N–H and O–H groups in total. The van der Waals surface area contributed by atoms with Crippen molar-refractivity contribution in [1.82, 2.24) is 15.0 Å². The minimum atomic E-state index is 0.642. The van der Waals surface area contributed by atoms with Crippen LogP contribution in [0.25, 0.3) is 109 Å². The van der Waals surface area contributed by atoms with Crippen LogP contribution in [0.15, 0.2) is 168 Å². The predicted molar refractivity (Wildman–Crippen MR) is 217 cm³/mol. The van der Waals surface area contributed by atoms with E-state index in [1.807, 2.05) is 30.3 Å². The third kappa shape index (κ3) is 4.71. The highest BCUT2D eigenvalue weighted by Crippen LogP contribution is 2.39. The standard InChI is InChI=1S/C47H27N3OS/c1-2-9-28(10-3-1)45-48-46(50-47(49-45)34-19-22-39-38-14-6-7-16-43(38)52-44(39)27-34)33-18-20-36-31(23-33)13-8-15-35(36)32-17-21-37-40-24-29-11-4-5-12-30(29)25-42(40)51-41(37)26-32/h1-27H. The molecule has 0 aliphatic carbocycles. The first-order valence-corrected chi connectivity index (χ1v) is 18.2. The van der Waals surface area contributed by atoms with Crippen LogP contribution >= 0.6 is 11.3 Å². The van der Waals surface area contributed by atoms with Crippen molar-refractivity contribution in [3.05, 3.63) is 164 Å². The molecule has 0 unspecified atom stereocenters. The first-order valence-electron chi connectivity index (χ1n) is 17.3. The minimum Gasteiger partial charge on any atom is -0.456 e. The van der Waals surface area contributed by atoms with Gasteiger partial charge >= 0.3 is 0 Å². The van der Waals surface area contributed by atoms with Gasteiger partial charge in [-0.25, -0.2) is 15.0 Å². The summed E-state index contributed by atoms with van der Waals surface area (Å²) in [5, 5.41) is 9.44.